The molecule has 3 heteroatoms. The van der Waals surface area contributed by atoms with Crippen molar-refractivity contribution in [3.63, 3.8) is 0 Å². The monoisotopic (exact) mass is 588 g/mol. The van der Waals surface area contributed by atoms with Crippen LogP contribution in [-0.2, 0) is 0 Å². The molecule has 0 spiro atoms. The van der Waals surface area contributed by atoms with Gasteiger partial charge in [0.2, 0.25) is 0 Å². The van der Waals surface area contributed by atoms with Crippen LogP contribution in [0.5, 0.6) is 0 Å². The summed E-state index contributed by atoms with van der Waals surface area (Å²) in [5.41, 5.74) is 7.40. The maximum absolute atomic E-state index is 2.57. The quantitative estimate of drug-likeness (QED) is 0.180. The molecule has 0 amide bonds. The first kappa shape index (κ1) is 23.8. The predicted octanol–water partition coefficient (Wildman–Crippen LogP) is 12.0. The first-order valence-electron chi connectivity index (χ1n) is 15.5. The van der Waals surface area contributed by atoms with Crippen LogP contribution >= 0.6 is 11.3 Å². The summed E-state index contributed by atoms with van der Waals surface area (Å²) in [5.74, 6) is 0. The molecule has 0 N–H and O–H groups in total. The highest BCUT2D eigenvalue weighted by atomic mass is 32.1. The zero-order chi connectivity index (χ0) is 29.2. The second-order valence-electron chi connectivity index (χ2n) is 12.1. The third-order valence-corrected chi connectivity index (χ3v) is 11.0. The van der Waals surface area contributed by atoms with Gasteiger partial charge in [0.1, 0.15) is 0 Å². The average molecular weight is 589 g/mol. The molecule has 0 radical (unpaired) electrons. The van der Waals surface area contributed by atoms with Crippen molar-refractivity contribution >= 4 is 102 Å². The van der Waals surface area contributed by atoms with E-state index in [1.165, 1.54) is 96.5 Å². The zero-order valence-electron chi connectivity index (χ0n) is 24.2. The molecule has 0 saturated carbocycles. The van der Waals surface area contributed by atoms with Crippen molar-refractivity contribution in [2.24, 2.45) is 0 Å². The predicted molar refractivity (Wildman–Crippen MR) is 195 cm³/mol. The van der Waals surface area contributed by atoms with Gasteiger partial charge in [-0.15, -0.1) is 11.3 Å². The van der Waals surface area contributed by atoms with Crippen LogP contribution in [0.1, 0.15) is 0 Å². The fourth-order valence-corrected chi connectivity index (χ4v) is 9.25. The highest BCUT2D eigenvalue weighted by Crippen LogP contribution is 2.48. The number of para-hydroxylation sites is 3. The van der Waals surface area contributed by atoms with Crippen LogP contribution in [0, 0.1) is 0 Å². The van der Waals surface area contributed by atoms with Crippen LogP contribution in [0.2, 0.25) is 0 Å². The molecule has 45 heavy (non-hydrogen) atoms. The number of hydrogen-bond acceptors (Lipinski definition) is 1. The van der Waals surface area contributed by atoms with Crippen LogP contribution in [0.15, 0.2) is 146 Å². The molecule has 0 aliphatic carbocycles. The Hall–Kier alpha value is -5.64. The Labute approximate surface area is 261 Å². The molecule has 0 fully saturated rings. The van der Waals surface area contributed by atoms with E-state index in [0.717, 1.165) is 0 Å². The molecule has 0 atom stereocenters. The third-order valence-electron chi connectivity index (χ3n) is 9.85. The van der Waals surface area contributed by atoms with Crippen molar-refractivity contribution in [2.45, 2.75) is 0 Å². The van der Waals surface area contributed by atoms with Gasteiger partial charge in [-0.25, -0.2) is 0 Å². The van der Waals surface area contributed by atoms with Crippen molar-refractivity contribution in [1.29, 1.82) is 0 Å². The SMILES string of the molecule is c1ccc(-n2c3ccccc3c3ccc4c(c5ccc6sc7cccc8c9ccccc9c9ccccc9n4c5c6c78)c32)cc1. The van der Waals surface area contributed by atoms with E-state index in [1.54, 1.807) is 0 Å². The van der Waals surface area contributed by atoms with Gasteiger partial charge in [0.25, 0.3) is 0 Å². The number of nitrogens with zero attached hydrogens (tertiary/aromatic N) is 2. The third kappa shape index (κ3) is 2.94. The van der Waals surface area contributed by atoms with E-state index in [0.29, 0.717) is 0 Å². The largest absolute Gasteiger partial charge is 0.309 e. The Kier molecular flexibility index (Phi) is 4.49. The van der Waals surface area contributed by atoms with Gasteiger partial charge in [0, 0.05) is 52.8 Å². The van der Waals surface area contributed by atoms with Crippen LogP contribution in [0.3, 0.4) is 0 Å². The summed E-state index contributed by atoms with van der Waals surface area (Å²) < 4.78 is 7.70. The second kappa shape index (κ2) is 8.50. The molecule has 208 valence electrons. The normalized spacial score (nSPS) is 12.4. The van der Waals surface area contributed by atoms with Gasteiger partial charge in [0.05, 0.1) is 27.6 Å². The summed E-state index contributed by atoms with van der Waals surface area (Å²) in [6.45, 7) is 0. The highest BCUT2D eigenvalue weighted by Gasteiger charge is 2.23. The summed E-state index contributed by atoms with van der Waals surface area (Å²) in [7, 11) is 0. The number of aromatic nitrogens is 2. The summed E-state index contributed by atoms with van der Waals surface area (Å²) in [6, 6.07) is 53.9. The number of rotatable bonds is 1. The smallest absolute Gasteiger partial charge is 0.0641 e. The van der Waals surface area contributed by atoms with Crippen molar-refractivity contribution in [2.75, 3.05) is 0 Å². The lowest BCUT2D eigenvalue weighted by Crippen LogP contribution is -1.93. The van der Waals surface area contributed by atoms with Gasteiger partial charge in [-0.3, -0.25) is 0 Å². The molecule has 11 aromatic rings. The van der Waals surface area contributed by atoms with Crippen LogP contribution in [-0.4, -0.2) is 8.97 Å². The Balaban J connectivity index is 1.55. The van der Waals surface area contributed by atoms with Gasteiger partial charge < -0.3 is 8.97 Å². The topological polar surface area (TPSA) is 9.34 Å². The van der Waals surface area contributed by atoms with Crippen LogP contribution in [0.4, 0.5) is 0 Å². The maximum atomic E-state index is 2.57. The maximum Gasteiger partial charge on any atom is 0.0641 e. The molecule has 0 unspecified atom stereocenters. The van der Waals surface area contributed by atoms with E-state index in [1.807, 2.05) is 11.3 Å². The Morgan fingerprint density at radius 1 is 0.333 bits per heavy atom. The van der Waals surface area contributed by atoms with Gasteiger partial charge in [-0.2, -0.15) is 0 Å². The van der Waals surface area contributed by atoms with E-state index < -0.39 is 0 Å². The minimum atomic E-state index is 1.18. The lowest BCUT2D eigenvalue weighted by molar-refractivity contribution is 1.19. The summed E-state index contributed by atoms with van der Waals surface area (Å²) >= 11 is 1.90. The lowest BCUT2D eigenvalue weighted by Gasteiger charge is -2.09. The van der Waals surface area contributed by atoms with Gasteiger partial charge in [-0.05, 0) is 58.6 Å². The molecule has 11 rings (SSSR count). The highest BCUT2D eigenvalue weighted by molar-refractivity contribution is 7.26. The van der Waals surface area contributed by atoms with Gasteiger partial charge in [-0.1, -0.05) is 103 Å². The molecular formula is C42H24N2S. The van der Waals surface area contributed by atoms with Crippen molar-refractivity contribution in [3.8, 4) is 5.69 Å². The molecular weight excluding hydrogens is 565 g/mol. The fourth-order valence-electron chi connectivity index (χ4n) is 8.11. The Morgan fingerprint density at radius 2 is 0.956 bits per heavy atom. The van der Waals surface area contributed by atoms with Gasteiger partial charge >= 0.3 is 0 Å². The Bertz CT molecular complexity index is 3010. The van der Waals surface area contributed by atoms with E-state index in [4.69, 9.17) is 0 Å². The molecule has 4 heterocycles. The number of hydrogen-bond donors (Lipinski definition) is 0. The van der Waals surface area contributed by atoms with Crippen molar-refractivity contribution in [1.82, 2.24) is 8.97 Å². The van der Waals surface area contributed by atoms with Crippen LogP contribution in [0.25, 0.3) is 96.5 Å². The summed E-state index contributed by atoms with van der Waals surface area (Å²) in [4.78, 5) is 0. The van der Waals surface area contributed by atoms with E-state index in [2.05, 4.69) is 155 Å². The molecule has 7 aromatic carbocycles. The second-order valence-corrected chi connectivity index (χ2v) is 13.1. The number of fused-ring (bicyclic) bond motifs is 12. The first-order valence-corrected chi connectivity index (χ1v) is 16.3. The standard InChI is InChI=1S/C42H24N2S/c1-2-11-25(12-3-1)43-33-18-8-7-16-29(33)31-21-23-35-38(41(31)43)32-22-24-37-40-39-30(17-10-20-36(39)45-37)27-14-5-4-13-26(27)28-15-6-9-19-34(28)44(35)42(32)40/h1-24H. The molecule has 2 nitrogen and oxygen atoms in total. The molecule has 0 saturated heterocycles. The van der Waals surface area contributed by atoms with E-state index in [9.17, 15) is 0 Å². The summed E-state index contributed by atoms with van der Waals surface area (Å²) in [6.07, 6.45) is 0. The van der Waals surface area contributed by atoms with E-state index in [-0.39, 0.29) is 0 Å². The van der Waals surface area contributed by atoms with Crippen LogP contribution < -0.4 is 0 Å². The van der Waals surface area contributed by atoms with Gasteiger partial charge in [0.15, 0.2) is 0 Å². The molecule has 0 aliphatic heterocycles. The first-order chi connectivity index (χ1) is 22.4. The van der Waals surface area contributed by atoms with E-state index >= 15 is 0 Å². The molecule has 0 bridgehead atoms. The van der Waals surface area contributed by atoms with Crippen molar-refractivity contribution in [3.05, 3.63) is 146 Å². The number of thiophene rings is 1. The fraction of sp³-hybridized carbons (Fsp3) is 0. The zero-order valence-corrected chi connectivity index (χ0v) is 25.0. The minimum absolute atomic E-state index is 1.18. The summed E-state index contributed by atoms with van der Waals surface area (Å²) in [5, 5.41) is 13.0. The lowest BCUT2D eigenvalue weighted by atomic mass is 10.0. The molecule has 0 aliphatic rings. The number of benzene rings is 7. The average Bonchev–Trinajstić information content (AvgIpc) is 3.76. The Morgan fingerprint density at radius 3 is 1.78 bits per heavy atom. The minimum Gasteiger partial charge on any atom is -0.309 e. The molecule has 4 aromatic heterocycles. The van der Waals surface area contributed by atoms with Crippen molar-refractivity contribution < 1.29 is 0 Å².